The minimum atomic E-state index is -0.380. The average molecular weight is 226 g/mol. The van der Waals surface area contributed by atoms with E-state index >= 15 is 0 Å². The molecule has 88 valence electrons. The minimum absolute atomic E-state index is 0.147. The number of ether oxygens (including phenoxy) is 1. The second-order valence-corrected chi connectivity index (χ2v) is 3.48. The standard InChI is InChI=1S/C11H15FN2O2/c1-8-4-5-9(12)10(7-8)16-6-2-3-11(13)14-15/h4-5,7,15H,2-3,6H2,1H3,(H2,13,14). The molecule has 0 heterocycles. The summed E-state index contributed by atoms with van der Waals surface area (Å²) in [6.07, 6.45) is 0.993. The van der Waals surface area contributed by atoms with Gasteiger partial charge in [0.05, 0.1) is 6.61 Å². The van der Waals surface area contributed by atoms with E-state index in [1.165, 1.54) is 6.07 Å². The van der Waals surface area contributed by atoms with Gasteiger partial charge in [0.1, 0.15) is 5.84 Å². The van der Waals surface area contributed by atoms with Gasteiger partial charge in [0.25, 0.3) is 0 Å². The first-order valence-electron chi connectivity index (χ1n) is 4.99. The van der Waals surface area contributed by atoms with Gasteiger partial charge in [-0.1, -0.05) is 11.2 Å². The molecule has 1 aromatic rings. The lowest BCUT2D eigenvalue weighted by Crippen LogP contribution is -2.13. The quantitative estimate of drug-likeness (QED) is 0.265. The Labute approximate surface area is 93.5 Å². The Morgan fingerprint density at radius 1 is 1.56 bits per heavy atom. The minimum Gasteiger partial charge on any atom is -0.490 e. The zero-order chi connectivity index (χ0) is 12.0. The van der Waals surface area contributed by atoms with Crippen molar-refractivity contribution < 1.29 is 14.3 Å². The maximum absolute atomic E-state index is 13.2. The summed E-state index contributed by atoms with van der Waals surface area (Å²) >= 11 is 0. The zero-order valence-electron chi connectivity index (χ0n) is 9.11. The molecule has 3 N–H and O–H groups in total. The molecule has 4 nitrogen and oxygen atoms in total. The number of nitrogens with two attached hydrogens (primary N) is 1. The molecule has 0 fully saturated rings. The number of hydrogen-bond donors (Lipinski definition) is 2. The van der Waals surface area contributed by atoms with Gasteiger partial charge in [-0.15, -0.1) is 0 Å². The van der Waals surface area contributed by atoms with Crippen LogP contribution in [-0.2, 0) is 0 Å². The molecule has 0 bridgehead atoms. The molecule has 0 aliphatic carbocycles. The maximum Gasteiger partial charge on any atom is 0.165 e. The number of oxime groups is 1. The maximum atomic E-state index is 13.2. The van der Waals surface area contributed by atoms with Gasteiger partial charge in [0.2, 0.25) is 0 Å². The van der Waals surface area contributed by atoms with E-state index in [0.717, 1.165) is 5.56 Å². The fourth-order valence-corrected chi connectivity index (χ4v) is 1.21. The van der Waals surface area contributed by atoms with Gasteiger partial charge in [-0.05, 0) is 31.0 Å². The van der Waals surface area contributed by atoms with Crippen molar-refractivity contribution in [1.29, 1.82) is 0 Å². The Bertz CT molecular complexity index is 380. The Morgan fingerprint density at radius 2 is 2.31 bits per heavy atom. The van der Waals surface area contributed by atoms with Crippen molar-refractivity contribution in [2.24, 2.45) is 10.9 Å². The highest BCUT2D eigenvalue weighted by Crippen LogP contribution is 2.18. The fourth-order valence-electron chi connectivity index (χ4n) is 1.21. The molecule has 1 aromatic carbocycles. The van der Waals surface area contributed by atoms with Crippen molar-refractivity contribution in [2.45, 2.75) is 19.8 Å². The monoisotopic (exact) mass is 226 g/mol. The smallest absolute Gasteiger partial charge is 0.165 e. The number of amidine groups is 1. The highest BCUT2D eigenvalue weighted by Gasteiger charge is 2.03. The topological polar surface area (TPSA) is 67.8 Å². The van der Waals surface area contributed by atoms with E-state index in [9.17, 15) is 4.39 Å². The number of hydrogen-bond acceptors (Lipinski definition) is 3. The lowest BCUT2D eigenvalue weighted by Gasteiger charge is -2.07. The third-order valence-electron chi connectivity index (χ3n) is 2.05. The SMILES string of the molecule is Cc1ccc(F)c(OCCCC(N)=NO)c1. The summed E-state index contributed by atoms with van der Waals surface area (Å²) in [7, 11) is 0. The molecular weight excluding hydrogens is 211 g/mol. The molecule has 0 amide bonds. The van der Waals surface area contributed by atoms with Crippen LogP contribution >= 0.6 is 0 Å². The fraction of sp³-hybridized carbons (Fsp3) is 0.364. The van der Waals surface area contributed by atoms with Crippen molar-refractivity contribution in [2.75, 3.05) is 6.61 Å². The van der Waals surface area contributed by atoms with E-state index in [-0.39, 0.29) is 17.4 Å². The molecule has 0 spiro atoms. The van der Waals surface area contributed by atoms with Crippen LogP contribution in [0.1, 0.15) is 18.4 Å². The van der Waals surface area contributed by atoms with Crippen LogP contribution in [0.25, 0.3) is 0 Å². The molecule has 0 radical (unpaired) electrons. The van der Waals surface area contributed by atoms with E-state index in [4.69, 9.17) is 15.7 Å². The van der Waals surface area contributed by atoms with Gasteiger partial charge in [0, 0.05) is 6.42 Å². The summed E-state index contributed by atoms with van der Waals surface area (Å²) in [5.41, 5.74) is 6.21. The lowest BCUT2D eigenvalue weighted by molar-refractivity contribution is 0.294. The van der Waals surface area contributed by atoms with Gasteiger partial charge < -0.3 is 15.7 Å². The Hall–Kier alpha value is -1.78. The Morgan fingerprint density at radius 3 is 3.00 bits per heavy atom. The summed E-state index contributed by atoms with van der Waals surface area (Å²) < 4.78 is 18.5. The molecular formula is C11H15FN2O2. The van der Waals surface area contributed by atoms with Crippen LogP contribution in [-0.4, -0.2) is 17.6 Å². The first-order valence-corrected chi connectivity index (χ1v) is 4.99. The Kier molecular flexibility index (Phi) is 4.57. The highest BCUT2D eigenvalue weighted by atomic mass is 19.1. The summed E-state index contributed by atoms with van der Waals surface area (Å²) in [6.45, 7) is 2.19. The summed E-state index contributed by atoms with van der Waals surface area (Å²) in [6, 6.07) is 4.69. The molecule has 16 heavy (non-hydrogen) atoms. The number of rotatable bonds is 5. The summed E-state index contributed by atoms with van der Waals surface area (Å²) in [5.74, 6) is 0.00206. The molecule has 0 aliphatic heterocycles. The van der Waals surface area contributed by atoms with Crippen molar-refractivity contribution in [3.63, 3.8) is 0 Å². The predicted octanol–water partition coefficient (Wildman–Crippen LogP) is 2.04. The van der Waals surface area contributed by atoms with E-state index < -0.39 is 0 Å². The molecule has 0 aliphatic rings. The molecule has 0 atom stereocenters. The van der Waals surface area contributed by atoms with Gasteiger partial charge in [-0.25, -0.2) is 4.39 Å². The number of nitrogens with zero attached hydrogens (tertiary/aromatic N) is 1. The van der Waals surface area contributed by atoms with Crippen molar-refractivity contribution in [1.82, 2.24) is 0 Å². The second-order valence-electron chi connectivity index (χ2n) is 3.48. The summed E-state index contributed by atoms with van der Waals surface area (Å²) in [5, 5.41) is 11.1. The first kappa shape index (κ1) is 12.3. The molecule has 0 saturated carbocycles. The van der Waals surface area contributed by atoms with Crippen molar-refractivity contribution >= 4 is 5.84 Å². The number of halogens is 1. The zero-order valence-corrected chi connectivity index (χ0v) is 9.11. The third-order valence-corrected chi connectivity index (χ3v) is 2.05. The lowest BCUT2D eigenvalue weighted by atomic mass is 10.2. The normalized spacial score (nSPS) is 11.5. The Balaban J connectivity index is 2.40. The molecule has 0 aromatic heterocycles. The number of aryl methyl sites for hydroxylation is 1. The van der Waals surface area contributed by atoms with E-state index in [1.54, 1.807) is 12.1 Å². The van der Waals surface area contributed by atoms with Crippen LogP contribution in [0.15, 0.2) is 23.4 Å². The van der Waals surface area contributed by atoms with E-state index in [2.05, 4.69) is 5.16 Å². The van der Waals surface area contributed by atoms with Crippen LogP contribution in [0.2, 0.25) is 0 Å². The van der Waals surface area contributed by atoms with Gasteiger partial charge >= 0.3 is 0 Å². The van der Waals surface area contributed by atoms with Crippen LogP contribution in [0, 0.1) is 12.7 Å². The predicted molar refractivity (Wildman–Crippen MR) is 59.3 cm³/mol. The van der Waals surface area contributed by atoms with E-state index in [1.807, 2.05) is 6.92 Å². The van der Waals surface area contributed by atoms with Crippen molar-refractivity contribution in [3.8, 4) is 5.75 Å². The number of benzene rings is 1. The van der Waals surface area contributed by atoms with Crippen LogP contribution in [0.3, 0.4) is 0 Å². The second kappa shape index (κ2) is 5.95. The van der Waals surface area contributed by atoms with Crippen LogP contribution < -0.4 is 10.5 Å². The summed E-state index contributed by atoms with van der Waals surface area (Å²) in [4.78, 5) is 0. The van der Waals surface area contributed by atoms with Crippen molar-refractivity contribution in [3.05, 3.63) is 29.6 Å². The molecule has 0 unspecified atom stereocenters. The van der Waals surface area contributed by atoms with Gasteiger partial charge in [-0.3, -0.25) is 0 Å². The molecule has 5 heteroatoms. The average Bonchev–Trinajstić information content (AvgIpc) is 2.28. The molecule has 1 rings (SSSR count). The third kappa shape index (κ3) is 3.76. The molecule has 0 saturated heterocycles. The van der Waals surface area contributed by atoms with Gasteiger partial charge in [-0.2, -0.15) is 0 Å². The highest BCUT2D eigenvalue weighted by molar-refractivity contribution is 5.79. The first-order chi connectivity index (χ1) is 7.63. The van der Waals surface area contributed by atoms with Crippen LogP contribution in [0.5, 0.6) is 5.75 Å². The largest absolute Gasteiger partial charge is 0.490 e. The van der Waals surface area contributed by atoms with Crippen LogP contribution in [0.4, 0.5) is 4.39 Å². The van der Waals surface area contributed by atoms with Gasteiger partial charge in [0.15, 0.2) is 11.6 Å². The van der Waals surface area contributed by atoms with E-state index in [0.29, 0.717) is 19.4 Å².